The maximum Gasteiger partial charge on any atom is 0.348 e. The average molecular weight is 563 g/mol. The number of amides is 1. The summed E-state index contributed by atoms with van der Waals surface area (Å²) in [5.41, 5.74) is 0.551. The van der Waals surface area contributed by atoms with Gasteiger partial charge in [-0.1, -0.05) is 11.8 Å². The van der Waals surface area contributed by atoms with Crippen molar-refractivity contribution in [2.75, 3.05) is 31.4 Å². The number of carbonyl (C=O) groups is 3. The van der Waals surface area contributed by atoms with E-state index < -0.39 is 11.9 Å². The summed E-state index contributed by atoms with van der Waals surface area (Å²) in [5.74, 6) is 0.461. The Hall–Kier alpha value is -3.58. The summed E-state index contributed by atoms with van der Waals surface area (Å²) in [6, 6.07) is 7.21. The fraction of sp³-hybridized carbons (Fsp3) is 0.400. The lowest BCUT2D eigenvalue weighted by atomic mass is 10.1. The predicted octanol–water partition coefficient (Wildman–Crippen LogP) is 4.34. The lowest BCUT2D eigenvalue weighted by Gasteiger charge is -2.10. The van der Waals surface area contributed by atoms with Crippen LogP contribution in [0.2, 0.25) is 0 Å². The van der Waals surface area contributed by atoms with Gasteiger partial charge in [-0.3, -0.25) is 4.79 Å². The van der Waals surface area contributed by atoms with Crippen LogP contribution in [0.15, 0.2) is 29.4 Å². The van der Waals surface area contributed by atoms with Gasteiger partial charge in [0.15, 0.2) is 11.0 Å². The molecule has 0 radical (unpaired) electrons. The maximum atomic E-state index is 12.8. The third kappa shape index (κ3) is 7.04. The van der Waals surface area contributed by atoms with Gasteiger partial charge in [0.25, 0.3) is 0 Å². The standard InChI is InChI=1S/C25H30N4O7S2/c1-6-29-18(13-36-17-11-9-16(33-5)10-12-17)27-28-25(29)37-14-19(30)26-22-20(23(31)34-7-2)15(4)21(38-22)24(32)35-8-3/h9-12H,6-8,13-14H2,1-5H3,(H,26,30). The Morgan fingerprint density at radius 1 is 1.00 bits per heavy atom. The molecule has 0 saturated heterocycles. The average Bonchev–Trinajstić information content (AvgIpc) is 3.46. The van der Waals surface area contributed by atoms with E-state index >= 15 is 0 Å². The first-order valence-corrected chi connectivity index (χ1v) is 13.7. The number of benzene rings is 1. The Balaban J connectivity index is 1.67. The van der Waals surface area contributed by atoms with E-state index in [9.17, 15) is 14.4 Å². The predicted molar refractivity (Wildman–Crippen MR) is 143 cm³/mol. The van der Waals surface area contributed by atoms with Crippen LogP contribution in [0.3, 0.4) is 0 Å². The molecule has 11 nitrogen and oxygen atoms in total. The van der Waals surface area contributed by atoms with Gasteiger partial charge in [0.1, 0.15) is 28.0 Å². The van der Waals surface area contributed by atoms with Gasteiger partial charge in [-0.15, -0.1) is 21.5 Å². The van der Waals surface area contributed by atoms with Crippen LogP contribution in [0.4, 0.5) is 5.00 Å². The van der Waals surface area contributed by atoms with Crippen LogP contribution in [0.1, 0.15) is 52.2 Å². The highest BCUT2D eigenvalue weighted by Crippen LogP contribution is 2.34. The number of rotatable bonds is 13. The van der Waals surface area contributed by atoms with E-state index in [2.05, 4.69) is 15.5 Å². The van der Waals surface area contributed by atoms with Crippen molar-refractivity contribution in [3.63, 3.8) is 0 Å². The number of nitrogens with one attached hydrogen (secondary N) is 1. The number of hydrogen-bond donors (Lipinski definition) is 1. The zero-order valence-corrected chi connectivity index (χ0v) is 23.5. The fourth-order valence-corrected chi connectivity index (χ4v) is 5.33. The maximum absolute atomic E-state index is 12.8. The molecular weight excluding hydrogens is 532 g/mol. The molecule has 1 aromatic carbocycles. The Labute approximate surface area is 228 Å². The lowest BCUT2D eigenvalue weighted by molar-refractivity contribution is -0.113. The molecule has 0 spiro atoms. The van der Waals surface area contributed by atoms with Gasteiger partial charge in [0.05, 0.1) is 31.6 Å². The third-order valence-electron chi connectivity index (χ3n) is 5.21. The molecule has 0 bridgehead atoms. The normalized spacial score (nSPS) is 10.7. The van der Waals surface area contributed by atoms with Crippen molar-refractivity contribution >= 4 is 45.9 Å². The van der Waals surface area contributed by atoms with E-state index in [0.29, 0.717) is 28.8 Å². The Bertz CT molecular complexity index is 1270. The van der Waals surface area contributed by atoms with Crippen molar-refractivity contribution in [2.24, 2.45) is 0 Å². The van der Waals surface area contributed by atoms with Gasteiger partial charge >= 0.3 is 11.9 Å². The summed E-state index contributed by atoms with van der Waals surface area (Å²) in [7, 11) is 1.60. The van der Waals surface area contributed by atoms with E-state index in [1.54, 1.807) is 52.1 Å². The molecule has 2 heterocycles. The van der Waals surface area contributed by atoms with Gasteiger partial charge in [-0.2, -0.15) is 0 Å². The van der Waals surface area contributed by atoms with Crippen LogP contribution < -0.4 is 14.8 Å². The second-order valence-corrected chi connectivity index (χ2v) is 9.61. The number of anilines is 1. The smallest absolute Gasteiger partial charge is 0.348 e. The number of aromatic nitrogens is 3. The van der Waals surface area contributed by atoms with Crippen molar-refractivity contribution in [3.05, 3.63) is 46.1 Å². The highest BCUT2D eigenvalue weighted by atomic mass is 32.2. The van der Waals surface area contributed by atoms with Crippen molar-refractivity contribution in [1.29, 1.82) is 0 Å². The van der Waals surface area contributed by atoms with Gasteiger partial charge < -0.3 is 28.8 Å². The number of thiophene rings is 1. The summed E-state index contributed by atoms with van der Waals surface area (Å²) in [4.78, 5) is 38.0. The van der Waals surface area contributed by atoms with Gasteiger partial charge in [-0.25, -0.2) is 9.59 Å². The van der Waals surface area contributed by atoms with E-state index in [1.807, 2.05) is 11.5 Å². The topological polar surface area (TPSA) is 131 Å². The first kappa shape index (κ1) is 29.0. The monoisotopic (exact) mass is 562 g/mol. The van der Waals surface area contributed by atoms with Crippen LogP contribution >= 0.6 is 23.1 Å². The molecule has 0 aliphatic rings. The van der Waals surface area contributed by atoms with Crippen LogP contribution in [-0.4, -0.2) is 58.7 Å². The molecule has 1 N–H and O–H groups in total. The molecule has 38 heavy (non-hydrogen) atoms. The van der Waals surface area contributed by atoms with E-state index in [-0.39, 0.29) is 46.9 Å². The van der Waals surface area contributed by atoms with Crippen molar-refractivity contribution in [2.45, 2.75) is 46.0 Å². The van der Waals surface area contributed by atoms with Gasteiger partial charge in [0, 0.05) is 6.54 Å². The van der Waals surface area contributed by atoms with E-state index in [0.717, 1.165) is 17.1 Å². The van der Waals surface area contributed by atoms with Crippen molar-refractivity contribution in [3.8, 4) is 11.5 Å². The Kier molecular flexibility index (Phi) is 10.5. The number of nitrogens with zero attached hydrogens (tertiary/aromatic N) is 3. The highest BCUT2D eigenvalue weighted by molar-refractivity contribution is 7.99. The third-order valence-corrected chi connectivity index (χ3v) is 7.36. The number of methoxy groups -OCH3 is 1. The summed E-state index contributed by atoms with van der Waals surface area (Å²) >= 11 is 2.18. The SMILES string of the molecule is CCOC(=O)c1sc(NC(=O)CSc2nnc(COc3ccc(OC)cc3)n2CC)c(C(=O)OCC)c1C. The molecule has 13 heteroatoms. The lowest BCUT2D eigenvalue weighted by Crippen LogP contribution is -2.17. The first-order valence-electron chi connectivity index (χ1n) is 11.9. The summed E-state index contributed by atoms with van der Waals surface area (Å²) in [6.45, 7) is 8.07. The molecule has 0 fully saturated rings. The Morgan fingerprint density at radius 2 is 1.66 bits per heavy atom. The minimum absolute atomic E-state index is 0.00538. The Morgan fingerprint density at radius 3 is 2.29 bits per heavy atom. The number of hydrogen-bond acceptors (Lipinski definition) is 11. The van der Waals surface area contributed by atoms with Crippen LogP contribution in [-0.2, 0) is 27.4 Å². The molecule has 0 unspecified atom stereocenters. The molecule has 0 saturated carbocycles. The minimum atomic E-state index is -0.619. The minimum Gasteiger partial charge on any atom is -0.497 e. The highest BCUT2D eigenvalue weighted by Gasteiger charge is 2.27. The second kappa shape index (κ2) is 13.8. The van der Waals surface area contributed by atoms with E-state index in [1.165, 1.54) is 11.8 Å². The second-order valence-electron chi connectivity index (χ2n) is 7.65. The molecular formula is C25H30N4O7S2. The van der Waals surface area contributed by atoms with Crippen LogP contribution in [0.25, 0.3) is 0 Å². The molecule has 3 rings (SSSR count). The first-order chi connectivity index (χ1) is 18.3. The fourth-order valence-electron chi connectivity index (χ4n) is 3.40. The van der Waals surface area contributed by atoms with Crippen LogP contribution in [0, 0.1) is 6.92 Å². The number of carbonyl (C=O) groups excluding carboxylic acids is 3. The van der Waals surface area contributed by atoms with Gasteiger partial charge in [0.2, 0.25) is 5.91 Å². The molecule has 3 aromatic rings. The zero-order valence-electron chi connectivity index (χ0n) is 21.9. The number of esters is 2. The summed E-state index contributed by atoms with van der Waals surface area (Å²) in [5, 5.41) is 11.9. The molecule has 2 aromatic heterocycles. The molecule has 0 atom stereocenters. The summed E-state index contributed by atoms with van der Waals surface area (Å²) in [6.07, 6.45) is 0. The number of thioether (sulfide) groups is 1. The molecule has 1 amide bonds. The van der Waals surface area contributed by atoms with Crippen molar-refractivity contribution in [1.82, 2.24) is 14.8 Å². The quantitative estimate of drug-likeness (QED) is 0.237. The van der Waals surface area contributed by atoms with E-state index in [4.69, 9.17) is 18.9 Å². The zero-order chi connectivity index (χ0) is 27.7. The molecule has 204 valence electrons. The van der Waals surface area contributed by atoms with Gasteiger partial charge in [-0.05, 0) is 57.5 Å². The number of ether oxygens (including phenoxy) is 4. The van der Waals surface area contributed by atoms with Crippen LogP contribution in [0.5, 0.6) is 11.5 Å². The summed E-state index contributed by atoms with van der Waals surface area (Å²) < 4.78 is 23.0. The van der Waals surface area contributed by atoms with Crippen molar-refractivity contribution < 1.29 is 33.3 Å². The largest absolute Gasteiger partial charge is 0.497 e. The molecule has 0 aliphatic heterocycles. The molecule has 0 aliphatic carbocycles.